The van der Waals surface area contributed by atoms with Crippen molar-refractivity contribution in [2.45, 2.75) is 95.4 Å². The minimum absolute atomic E-state index is 0.0328. The summed E-state index contributed by atoms with van der Waals surface area (Å²) in [4.78, 5) is 53.2. The van der Waals surface area contributed by atoms with Crippen molar-refractivity contribution in [3.63, 3.8) is 0 Å². The van der Waals surface area contributed by atoms with Crippen molar-refractivity contribution in [2.24, 2.45) is 11.8 Å². The van der Waals surface area contributed by atoms with E-state index in [1.165, 1.54) is 57.4 Å². The molecule has 2 aromatic rings. The molecule has 0 bridgehead atoms. The van der Waals surface area contributed by atoms with Crippen molar-refractivity contribution in [1.82, 2.24) is 16.0 Å². The predicted octanol–water partition coefficient (Wildman–Crippen LogP) is 6.71. The van der Waals surface area contributed by atoms with Crippen molar-refractivity contribution < 1.29 is 64.2 Å². The largest absolute Gasteiger partial charge is 0.497 e. The van der Waals surface area contributed by atoms with Crippen LogP contribution < -0.4 is 20.7 Å². The predicted molar refractivity (Wildman–Crippen MR) is 192 cm³/mol. The lowest BCUT2D eigenvalue weighted by molar-refractivity contribution is -0.178. The fourth-order valence-corrected chi connectivity index (χ4v) is 6.11. The van der Waals surface area contributed by atoms with E-state index >= 15 is 17.6 Å². The highest BCUT2D eigenvalue weighted by atomic mass is 35.5. The van der Waals surface area contributed by atoms with E-state index in [9.17, 15) is 37.5 Å². The zero-order valence-corrected chi connectivity index (χ0v) is 33.3. The molecule has 2 aromatic carbocycles. The maximum absolute atomic E-state index is 15.4. The first-order chi connectivity index (χ1) is 25.0. The van der Waals surface area contributed by atoms with Crippen molar-refractivity contribution >= 4 is 43.4 Å². The minimum atomic E-state index is -5.04. The molecule has 10 nitrogen and oxygen atoms in total. The van der Waals surface area contributed by atoms with Gasteiger partial charge in [0.15, 0.2) is 14.1 Å². The number of hydrogen-bond acceptors (Lipinski definition) is 7. The highest BCUT2D eigenvalue weighted by Crippen LogP contribution is 2.37. The number of methoxy groups -OCH3 is 1. The van der Waals surface area contributed by atoms with Gasteiger partial charge in [0, 0.05) is 22.9 Å². The number of ether oxygens (including phenoxy) is 1. The van der Waals surface area contributed by atoms with Gasteiger partial charge >= 0.3 is 18.0 Å². The van der Waals surface area contributed by atoms with E-state index in [2.05, 4.69) is 5.32 Å². The summed E-state index contributed by atoms with van der Waals surface area (Å²) in [6, 6.07) is 6.17. The molecule has 0 aliphatic heterocycles. The van der Waals surface area contributed by atoms with Gasteiger partial charge in [0.2, 0.25) is 5.91 Å². The Kier molecular flexibility index (Phi) is 15.9. The summed E-state index contributed by atoms with van der Waals surface area (Å²) < 4.78 is 110. The average Bonchev–Trinajstić information content (AvgIpc) is 3.08. The summed E-state index contributed by atoms with van der Waals surface area (Å²) in [5.41, 5.74) is -0.749. The molecule has 0 saturated heterocycles. The second-order valence-electron chi connectivity index (χ2n) is 14.8. The molecule has 0 aromatic heterocycles. The second kappa shape index (κ2) is 18.5. The molecule has 0 unspecified atom stereocenters. The van der Waals surface area contributed by atoms with Gasteiger partial charge in [-0.05, 0) is 53.9 Å². The third-order valence-corrected chi connectivity index (χ3v) is 14.1. The van der Waals surface area contributed by atoms with E-state index in [0.717, 1.165) is 17.4 Å². The first-order valence-corrected chi connectivity index (χ1v) is 20.3. The fourth-order valence-electron chi connectivity index (χ4n) is 4.91. The molecule has 19 heteroatoms. The zero-order chi connectivity index (χ0) is 42.3. The van der Waals surface area contributed by atoms with E-state index in [0.29, 0.717) is 5.75 Å². The van der Waals surface area contributed by atoms with Crippen LogP contribution in [0.1, 0.15) is 58.2 Å². The van der Waals surface area contributed by atoms with E-state index in [-0.39, 0.29) is 10.6 Å². The van der Waals surface area contributed by atoms with E-state index in [1.807, 2.05) is 26.1 Å². The second-order valence-corrected chi connectivity index (χ2v) is 20.1. The maximum atomic E-state index is 15.4. The summed E-state index contributed by atoms with van der Waals surface area (Å²) in [6.07, 6.45) is -8.95. The number of halogens is 8. The Balaban J connectivity index is 2.55. The van der Waals surface area contributed by atoms with Crippen LogP contribution in [0.3, 0.4) is 0 Å². The number of rotatable bonds is 18. The lowest BCUT2D eigenvalue weighted by Gasteiger charge is -2.37. The normalized spacial score (nSPS) is 15.1. The van der Waals surface area contributed by atoms with E-state index in [4.69, 9.17) is 20.8 Å². The molecule has 0 saturated carbocycles. The van der Waals surface area contributed by atoms with Gasteiger partial charge in [0.05, 0.1) is 13.7 Å². The Bertz CT molecular complexity index is 1660. The molecule has 0 fully saturated rings. The SMILES string of the molecule is COc1ccc([C@H](NC(=O)[C@H](CO[Si](C)(C)C(C)(C)C)NC(=O)C(F)(F)c2cccc(Cl)c2)C(=O)C[C@@H](C(C)C)[C@@H](O)C(F)(F)C(=O)NCC(F)(F)F)cc1. The number of benzene rings is 2. The number of hydrogen-bond donors (Lipinski definition) is 4. The van der Waals surface area contributed by atoms with Crippen molar-refractivity contribution in [2.75, 3.05) is 20.3 Å². The number of carbonyl (C=O) groups is 4. The molecular formula is C36H47ClF7N3O7Si. The number of amides is 3. The monoisotopic (exact) mass is 829 g/mol. The first-order valence-electron chi connectivity index (χ1n) is 17.0. The number of ketones is 1. The summed E-state index contributed by atoms with van der Waals surface area (Å²) in [5, 5.41) is 15.5. The number of Topliss-reactive ketones (excluding diaryl/α,β-unsaturated/α-hetero) is 1. The Labute approximate surface area is 321 Å². The van der Waals surface area contributed by atoms with Crippen LogP contribution in [0.25, 0.3) is 0 Å². The van der Waals surface area contributed by atoms with E-state index < -0.39 is 110 Å². The first kappa shape index (κ1) is 47.4. The quantitative estimate of drug-likeness (QED) is 0.0967. The van der Waals surface area contributed by atoms with Crippen molar-refractivity contribution in [3.8, 4) is 5.75 Å². The highest BCUT2D eigenvalue weighted by molar-refractivity contribution is 6.74. The minimum Gasteiger partial charge on any atom is -0.497 e. The van der Waals surface area contributed by atoms with Crippen molar-refractivity contribution in [3.05, 3.63) is 64.7 Å². The number of aliphatic hydroxyl groups is 1. The van der Waals surface area contributed by atoms with Crippen LogP contribution in [0.15, 0.2) is 48.5 Å². The van der Waals surface area contributed by atoms with Crippen LogP contribution >= 0.6 is 11.6 Å². The van der Waals surface area contributed by atoms with Crippen LogP contribution in [-0.4, -0.2) is 81.4 Å². The molecule has 0 spiro atoms. The summed E-state index contributed by atoms with van der Waals surface area (Å²) in [5.74, 6) is -18.0. The standard InChI is InChI=1S/C36H47ClF7N3O7Si/c1-20(2)25(29(49)36(43,44)31(51)45-19-34(38,39)40)17-27(48)28(21-12-14-24(53-6)15-13-21)47-30(50)26(18-54-55(7,8)33(3,4)5)46-32(52)35(41,42)22-10-9-11-23(37)16-22/h9-16,20,25-26,28-29,49H,17-19H2,1-8H3,(H,45,51)(H,46,52)(H,47,50)/t25-,26-,28-,29+/m0/s1. The van der Waals surface area contributed by atoms with Gasteiger partial charge in [-0.2, -0.15) is 30.7 Å². The fraction of sp³-hybridized carbons (Fsp3) is 0.556. The molecular weight excluding hydrogens is 783 g/mol. The van der Waals surface area contributed by atoms with Gasteiger partial charge in [-0.3, -0.25) is 19.2 Å². The van der Waals surface area contributed by atoms with Gasteiger partial charge < -0.3 is 30.2 Å². The summed E-state index contributed by atoms with van der Waals surface area (Å²) in [6.45, 7) is 9.08. The van der Waals surface area contributed by atoms with E-state index in [1.54, 1.807) is 13.1 Å². The Morgan fingerprint density at radius 1 is 0.891 bits per heavy atom. The van der Waals surface area contributed by atoms with Gasteiger partial charge in [0.25, 0.3) is 11.8 Å². The molecule has 0 aliphatic rings. The molecule has 0 aliphatic carbocycles. The van der Waals surface area contributed by atoms with Gasteiger partial charge in [-0.15, -0.1) is 0 Å². The number of aliphatic hydroxyl groups excluding tert-OH is 1. The van der Waals surface area contributed by atoms with Crippen LogP contribution in [0, 0.1) is 11.8 Å². The molecule has 308 valence electrons. The number of alkyl halides is 7. The Morgan fingerprint density at radius 2 is 1.47 bits per heavy atom. The van der Waals surface area contributed by atoms with Crippen LogP contribution in [0.2, 0.25) is 23.2 Å². The topological polar surface area (TPSA) is 143 Å². The molecule has 3 amide bonds. The lowest BCUT2D eigenvalue weighted by atomic mass is 9.81. The molecule has 0 heterocycles. The van der Waals surface area contributed by atoms with Crippen molar-refractivity contribution in [1.29, 1.82) is 0 Å². The van der Waals surface area contributed by atoms with Gasteiger partial charge in [-0.1, -0.05) is 70.5 Å². The lowest BCUT2D eigenvalue weighted by Crippen LogP contribution is -2.56. The molecule has 2 rings (SSSR count). The number of carbonyl (C=O) groups excluding carboxylic acids is 4. The average molecular weight is 830 g/mol. The highest BCUT2D eigenvalue weighted by Gasteiger charge is 2.52. The molecule has 0 radical (unpaired) electrons. The molecule has 4 atom stereocenters. The smallest absolute Gasteiger partial charge is 0.405 e. The summed E-state index contributed by atoms with van der Waals surface area (Å²) in [7, 11) is -1.38. The number of nitrogens with one attached hydrogen (secondary N) is 3. The zero-order valence-electron chi connectivity index (χ0n) is 31.5. The molecule has 55 heavy (non-hydrogen) atoms. The Morgan fingerprint density at radius 3 is 1.96 bits per heavy atom. The van der Waals surface area contributed by atoms with Crippen LogP contribution in [0.4, 0.5) is 30.7 Å². The Hall–Kier alpha value is -3.74. The summed E-state index contributed by atoms with van der Waals surface area (Å²) >= 11 is 5.86. The molecule has 4 N–H and O–H groups in total. The van der Waals surface area contributed by atoms with Crippen LogP contribution in [-0.2, 0) is 29.5 Å². The maximum Gasteiger partial charge on any atom is 0.405 e. The van der Waals surface area contributed by atoms with Gasteiger partial charge in [-0.25, -0.2) is 0 Å². The third-order valence-electron chi connectivity index (χ3n) is 9.39. The third kappa shape index (κ3) is 12.9. The van der Waals surface area contributed by atoms with Crippen LogP contribution in [0.5, 0.6) is 5.75 Å². The van der Waals surface area contributed by atoms with Gasteiger partial charge in [0.1, 0.15) is 30.5 Å².